The SMILES string of the molecule is CC(C)c1nc(-c2cn(C)nc2C(C)(C)C)sc1C(=O)O. The highest BCUT2D eigenvalue weighted by atomic mass is 32.1. The Morgan fingerprint density at radius 3 is 2.43 bits per heavy atom. The highest BCUT2D eigenvalue weighted by Crippen LogP contribution is 2.36. The molecule has 114 valence electrons. The molecule has 0 amide bonds. The summed E-state index contributed by atoms with van der Waals surface area (Å²) < 4.78 is 1.76. The van der Waals surface area contributed by atoms with Gasteiger partial charge in [-0.15, -0.1) is 11.3 Å². The van der Waals surface area contributed by atoms with Crippen LogP contribution in [0.5, 0.6) is 0 Å². The Labute approximate surface area is 128 Å². The zero-order valence-electron chi connectivity index (χ0n) is 13.3. The van der Waals surface area contributed by atoms with Crippen LogP contribution < -0.4 is 0 Å². The molecule has 0 aliphatic heterocycles. The third kappa shape index (κ3) is 3.00. The Kier molecular flexibility index (Phi) is 3.93. The largest absolute Gasteiger partial charge is 0.477 e. The molecule has 5 nitrogen and oxygen atoms in total. The van der Waals surface area contributed by atoms with E-state index in [2.05, 4.69) is 30.9 Å². The van der Waals surface area contributed by atoms with Gasteiger partial charge in [0.05, 0.1) is 17.0 Å². The first kappa shape index (κ1) is 15.7. The second kappa shape index (κ2) is 5.26. The molecule has 0 aliphatic rings. The van der Waals surface area contributed by atoms with E-state index in [4.69, 9.17) is 0 Å². The maximum Gasteiger partial charge on any atom is 0.347 e. The predicted molar refractivity (Wildman–Crippen MR) is 84.1 cm³/mol. The Balaban J connectivity index is 2.63. The van der Waals surface area contributed by atoms with Gasteiger partial charge in [-0.3, -0.25) is 4.68 Å². The normalized spacial score (nSPS) is 12.1. The number of carboxylic acid groups (broad SMARTS) is 1. The Bertz CT molecular complexity index is 678. The van der Waals surface area contributed by atoms with Crippen LogP contribution in [0.15, 0.2) is 6.20 Å². The monoisotopic (exact) mass is 307 g/mol. The maximum atomic E-state index is 11.4. The van der Waals surface area contributed by atoms with E-state index in [9.17, 15) is 9.90 Å². The minimum absolute atomic E-state index is 0.0795. The summed E-state index contributed by atoms with van der Waals surface area (Å²) in [5, 5.41) is 14.6. The number of thiazole rings is 1. The van der Waals surface area contributed by atoms with Crippen molar-refractivity contribution >= 4 is 17.3 Å². The second-order valence-electron chi connectivity index (χ2n) is 6.51. The van der Waals surface area contributed by atoms with Crippen LogP contribution in [-0.4, -0.2) is 25.8 Å². The molecule has 0 aromatic carbocycles. The van der Waals surface area contributed by atoms with Gasteiger partial charge in [0.15, 0.2) is 0 Å². The molecule has 0 radical (unpaired) electrons. The van der Waals surface area contributed by atoms with E-state index in [1.807, 2.05) is 27.1 Å². The summed E-state index contributed by atoms with van der Waals surface area (Å²) in [5.74, 6) is -0.834. The summed E-state index contributed by atoms with van der Waals surface area (Å²) in [5.41, 5.74) is 2.38. The van der Waals surface area contributed by atoms with Crippen LogP contribution in [0.3, 0.4) is 0 Å². The summed E-state index contributed by atoms with van der Waals surface area (Å²) >= 11 is 1.23. The quantitative estimate of drug-likeness (QED) is 0.939. The number of rotatable bonds is 3. The third-order valence-corrected chi connectivity index (χ3v) is 4.26. The molecule has 0 saturated carbocycles. The van der Waals surface area contributed by atoms with Gasteiger partial charge < -0.3 is 5.11 Å². The van der Waals surface area contributed by atoms with E-state index in [0.717, 1.165) is 16.3 Å². The van der Waals surface area contributed by atoms with Crippen molar-refractivity contribution in [3.05, 3.63) is 22.5 Å². The fourth-order valence-electron chi connectivity index (χ4n) is 2.19. The summed E-state index contributed by atoms with van der Waals surface area (Å²) in [6.07, 6.45) is 1.91. The molecule has 0 aliphatic carbocycles. The van der Waals surface area contributed by atoms with Gasteiger partial charge in [0, 0.05) is 18.7 Å². The molecule has 2 rings (SSSR count). The molecule has 1 N–H and O–H groups in total. The Morgan fingerprint density at radius 1 is 1.38 bits per heavy atom. The van der Waals surface area contributed by atoms with Crippen molar-refractivity contribution in [2.45, 2.75) is 46.0 Å². The molecule has 2 aromatic heterocycles. The molecule has 0 bridgehead atoms. The summed E-state index contributed by atoms with van der Waals surface area (Å²) in [7, 11) is 1.87. The van der Waals surface area contributed by atoms with Crippen molar-refractivity contribution in [2.24, 2.45) is 7.05 Å². The van der Waals surface area contributed by atoms with Gasteiger partial charge in [0.2, 0.25) is 0 Å². The molecule has 0 fully saturated rings. The van der Waals surface area contributed by atoms with Crippen LogP contribution in [0, 0.1) is 0 Å². The van der Waals surface area contributed by atoms with Gasteiger partial charge in [-0.25, -0.2) is 9.78 Å². The van der Waals surface area contributed by atoms with Crippen molar-refractivity contribution < 1.29 is 9.90 Å². The van der Waals surface area contributed by atoms with E-state index >= 15 is 0 Å². The first-order valence-corrected chi connectivity index (χ1v) is 7.71. The van der Waals surface area contributed by atoms with Crippen LogP contribution in [0.25, 0.3) is 10.6 Å². The summed E-state index contributed by atoms with van der Waals surface area (Å²) in [6, 6.07) is 0. The number of nitrogens with zero attached hydrogens (tertiary/aromatic N) is 3. The van der Waals surface area contributed by atoms with Gasteiger partial charge in [-0.1, -0.05) is 34.6 Å². The van der Waals surface area contributed by atoms with Gasteiger partial charge in [0.25, 0.3) is 0 Å². The number of carboxylic acids is 1. The molecule has 2 heterocycles. The standard InChI is InChI=1S/C15H21N3O2S/c1-8(2)10-11(14(19)20)21-13(16-10)9-7-18(6)17-12(9)15(3,4)5/h7-8H,1-6H3,(H,19,20). The first-order chi connectivity index (χ1) is 9.61. The van der Waals surface area contributed by atoms with Crippen LogP contribution in [0.4, 0.5) is 0 Å². The van der Waals surface area contributed by atoms with Crippen LogP contribution in [0.2, 0.25) is 0 Å². The predicted octanol–water partition coefficient (Wildman–Crippen LogP) is 3.66. The molecule has 0 spiro atoms. The van der Waals surface area contributed by atoms with E-state index in [1.54, 1.807) is 4.68 Å². The van der Waals surface area contributed by atoms with Gasteiger partial charge in [-0.05, 0) is 5.92 Å². The smallest absolute Gasteiger partial charge is 0.347 e. The molecular formula is C15H21N3O2S. The van der Waals surface area contributed by atoms with E-state index in [1.165, 1.54) is 11.3 Å². The second-order valence-corrected chi connectivity index (χ2v) is 7.51. The van der Waals surface area contributed by atoms with Crippen LogP contribution in [0.1, 0.15) is 61.6 Å². The minimum atomic E-state index is -0.913. The van der Waals surface area contributed by atoms with Crippen LogP contribution in [-0.2, 0) is 12.5 Å². The van der Waals surface area contributed by atoms with Gasteiger partial charge in [0.1, 0.15) is 9.88 Å². The average Bonchev–Trinajstić information content (AvgIpc) is 2.90. The number of aryl methyl sites for hydroxylation is 1. The molecule has 6 heteroatoms. The zero-order chi connectivity index (χ0) is 15.9. The number of hydrogen-bond donors (Lipinski definition) is 1. The number of hydrogen-bond acceptors (Lipinski definition) is 4. The molecular weight excluding hydrogens is 286 g/mol. The van der Waals surface area contributed by atoms with E-state index < -0.39 is 5.97 Å². The van der Waals surface area contributed by atoms with Crippen LogP contribution >= 0.6 is 11.3 Å². The number of carbonyl (C=O) groups is 1. The minimum Gasteiger partial charge on any atom is -0.477 e. The van der Waals surface area contributed by atoms with Crippen molar-refractivity contribution in [3.8, 4) is 10.6 Å². The topological polar surface area (TPSA) is 68.0 Å². The zero-order valence-corrected chi connectivity index (χ0v) is 14.1. The molecule has 2 aromatic rings. The highest BCUT2D eigenvalue weighted by Gasteiger charge is 2.27. The Hall–Kier alpha value is -1.69. The highest BCUT2D eigenvalue weighted by molar-refractivity contribution is 7.17. The Morgan fingerprint density at radius 2 is 2.00 bits per heavy atom. The molecule has 0 unspecified atom stereocenters. The number of aromatic nitrogens is 3. The molecule has 21 heavy (non-hydrogen) atoms. The summed E-state index contributed by atoms with van der Waals surface area (Å²) in [6.45, 7) is 10.2. The fraction of sp³-hybridized carbons (Fsp3) is 0.533. The van der Waals surface area contributed by atoms with Crippen molar-refractivity contribution in [2.75, 3.05) is 0 Å². The third-order valence-electron chi connectivity index (χ3n) is 3.16. The lowest BCUT2D eigenvalue weighted by atomic mass is 9.90. The fourth-order valence-corrected chi connectivity index (χ4v) is 3.26. The van der Waals surface area contributed by atoms with Crippen molar-refractivity contribution in [1.29, 1.82) is 0 Å². The van der Waals surface area contributed by atoms with Gasteiger partial charge >= 0.3 is 5.97 Å². The van der Waals surface area contributed by atoms with Gasteiger partial charge in [-0.2, -0.15) is 5.10 Å². The van der Waals surface area contributed by atoms with E-state index in [-0.39, 0.29) is 11.3 Å². The summed E-state index contributed by atoms with van der Waals surface area (Å²) in [4.78, 5) is 16.3. The lowest BCUT2D eigenvalue weighted by Gasteiger charge is -2.16. The lowest BCUT2D eigenvalue weighted by Crippen LogP contribution is -2.13. The lowest BCUT2D eigenvalue weighted by molar-refractivity contribution is 0.0700. The average molecular weight is 307 g/mol. The maximum absolute atomic E-state index is 11.4. The van der Waals surface area contributed by atoms with E-state index in [0.29, 0.717) is 10.6 Å². The molecule has 0 atom stereocenters. The number of aromatic carboxylic acids is 1. The van der Waals surface area contributed by atoms with Crippen molar-refractivity contribution in [3.63, 3.8) is 0 Å². The molecule has 0 saturated heterocycles. The first-order valence-electron chi connectivity index (χ1n) is 6.89. The van der Waals surface area contributed by atoms with Crippen molar-refractivity contribution in [1.82, 2.24) is 14.8 Å².